The highest BCUT2D eigenvalue weighted by Crippen LogP contribution is 2.29. The molecular weight excluding hydrogens is 372 g/mol. The van der Waals surface area contributed by atoms with Crippen LogP contribution in [0.4, 0.5) is 0 Å². The van der Waals surface area contributed by atoms with Gasteiger partial charge >= 0.3 is 11.9 Å². The first-order valence-corrected chi connectivity index (χ1v) is 9.49. The summed E-state index contributed by atoms with van der Waals surface area (Å²) in [7, 11) is 1.58. The van der Waals surface area contributed by atoms with Crippen LogP contribution in [0.15, 0.2) is 55.1 Å². The SMILES string of the molecule is C=CC(=O)OCCCCCCOc1ccc(C(=O)O)c(-c2ccc(OC)cc2)c1. The van der Waals surface area contributed by atoms with Crippen molar-refractivity contribution < 1.29 is 28.9 Å². The third-order valence-corrected chi connectivity index (χ3v) is 4.34. The van der Waals surface area contributed by atoms with Crippen molar-refractivity contribution in [2.45, 2.75) is 25.7 Å². The summed E-state index contributed by atoms with van der Waals surface area (Å²) in [6.07, 6.45) is 4.69. The molecule has 0 saturated carbocycles. The molecule has 0 atom stereocenters. The smallest absolute Gasteiger partial charge is 0.336 e. The van der Waals surface area contributed by atoms with Crippen LogP contribution in [-0.4, -0.2) is 37.4 Å². The molecule has 0 unspecified atom stereocenters. The van der Waals surface area contributed by atoms with Crippen molar-refractivity contribution in [2.75, 3.05) is 20.3 Å². The molecule has 0 aliphatic heterocycles. The minimum atomic E-state index is -0.987. The summed E-state index contributed by atoms with van der Waals surface area (Å²) in [5.74, 6) is -0.0525. The third kappa shape index (κ3) is 6.99. The molecule has 0 bridgehead atoms. The monoisotopic (exact) mass is 398 g/mol. The van der Waals surface area contributed by atoms with Crippen molar-refractivity contribution in [3.05, 3.63) is 60.7 Å². The van der Waals surface area contributed by atoms with Crippen LogP contribution < -0.4 is 9.47 Å². The minimum absolute atomic E-state index is 0.219. The molecule has 6 nitrogen and oxygen atoms in total. The minimum Gasteiger partial charge on any atom is -0.497 e. The van der Waals surface area contributed by atoms with E-state index in [4.69, 9.17) is 14.2 Å². The van der Waals surface area contributed by atoms with E-state index in [-0.39, 0.29) is 5.56 Å². The maximum Gasteiger partial charge on any atom is 0.336 e. The Bertz CT molecular complexity index is 826. The largest absolute Gasteiger partial charge is 0.497 e. The summed E-state index contributed by atoms with van der Waals surface area (Å²) in [5, 5.41) is 9.48. The lowest BCUT2D eigenvalue weighted by Gasteiger charge is -2.11. The molecule has 0 aliphatic carbocycles. The third-order valence-electron chi connectivity index (χ3n) is 4.34. The number of carboxylic acids is 1. The number of unbranched alkanes of at least 4 members (excludes halogenated alkanes) is 3. The molecule has 2 rings (SSSR count). The normalized spacial score (nSPS) is 10.2. The molecule has 0 spiro atoms. The van der Waals surface area contributed by atoms with Crippen molar-refractivity contribution in [3.63, 3.8) is 0 Å². The number of hydrogen-bond donors (Lipinski definition) is 1. The number of esters is 1. The summed E-state index contributed by atoms with van der Waals surface area (Å²) in [4.78, 5) is 22.5. The standard InChI is InChI=1S/C23H26O6/c1-3-22(24)29-15-7-5-4-6-14-28-19-12-13-20(23(25)26)21(16-19)17-8-10-18(27-2)11-9-17/h3,8-13,16H,1,4-7,14-15H2,2H3,(H,25,26). The van der Waals surface area contributed by atoms with Crippen LogP contribution in [0.25, 0.3) is 11.1 Å². The molecule has 1 N–H and O–H groups in total. The fourth-order valence-corrected chi connectivity index (χ4v) is 2.79. The van der Waals surface area contributed by atoms with Gasteiger partial charge in [-0.25, -0.2) is 9.59 Å². The van der Waals surface area contributed by atoms with Gasteiger partial charge in [0.2, 0.25) is 0 Å². The van der Waals surface area contributed by atoms with Crippen molar-refractivity contribution in [2.24, 2.45) is 0 Å². The molecule has 0 heterocycles. The van der Waals surface area contributed by atoms with E-state index < -0.39 is 11.9 Å². The van der Waals surface area contributed by atoms with E-state index in [9.17, 15) is 14.7 Å². The Hall–Kier alpha value is -3.28. The first-order valence-electron chi connectivity index (χ1n) is 9.49. The van der Waals surface area contributed by atoms with E-state index in [1.165, 1.54) is 0 Å². The predicted octanol–water partition coefficient (Wildman–Crippen LogP) is 4.73. The number of carboxylic acid groups (broad SMARTS) is 1. The molecule has 0 fully saturated rings. The maximum absolute atomic E-state index is 11.6. The van der Waals surface area contributed by atoms with Gasteiger partial charge in [-0.15, -0.1) is 0 Å². The molecule has 0 radical (unpaired) electrons. The van der Waals surface area contributed by atoms with E-state index in [2.05, 4.69) is 6.58 Å². The molecule has 0 amide bonds. The van der Waals surface area contributed by atoms with Gasteiger partial charge in [0.15, 0.2) is 0 Å². The number of carbonyl (C=O) groups is 2. The molecule has 154 valence electrons. The van der Waals surface area contributed by atoms with E-state index in [1.54, 1.807) is 37.4 Å². The van der Waals surface area contributed by atoms with Gasteiger partial charge in [0.1, 0.15) is 11.5 Å². The molecule has 2 aromatic carbocycles. The van der Waals surface area contributed by atoms with Crippen molar-refractivity contribution in [1.82, 2.24) is 0 Å². The second-order valence-electron chi connectivity index (χ2n) is 6.38. The summed E-state index contributed by atoms with van der Waals surface area (Å²) in [5.41, 5.74) is 1.60. The van der Waals surface area contributed by atoms with Crippen LogP contribution in [0.3, 0.4) is 0 Å². The summed E-state index contributed by atoms with van der Waals surface area (Å²) < 4.78 is 15.9. The Labute approximate surface area is 170 Å². The first-order chi connectivity index (χ1) is 14.0. The Balaban J connectivity index is 1.89. The Morgan fingerprint density at radius 1 is 0.966 bits per heavy atom. The van der Waals surface area contributed by atoms with Gasteiger partial charge in [-0.05, 0) is 67.1 Å². The average Bonchev–Trinajstić information content (AvgIpc) is 2.75. The zero-order valence-electron chi connectivity index (χ0n) is 16.6. The highest BCUT2D eigenvalue weighted by atomic mass is 16.5. The Morgan fingerprint density at radius 3 is 2.24 bits per heavy atom. The van der Waals surface area contributed by atoms with Crippen LogP contribution >= 0.6 is 0 Å². The topological polar surface area (TPSA) is 82.1 Å². The number of methoxy groups -OCH3 is 1. The van der Waals surface area contributed by atoms with E-state index in [0.29, 0.717) is 30.3 Å². The summed E-state index contributed by atoms with van der Waals surface area (Å²) in [6.45, 7) is 4.27. The molecule has 6 heteroatoms. The van der Waals surface area contributed by atoms with Gasteiger partial charge in [-0.3, -0.25) is 0 Å². The lowest BCUT2D eigenvalue weighted by atomic mass is 9.99. The number of hydrogen-bond acceptors (Lipinski definition) is 5. The number of benzene rings is 2. The number of rotatable bonds is 12. The quantitative estimate of drug-likeness (QED) is 0.316. The van der Waals surface area contributed by atoms with Gasteiger partial charge in [-0.1, -0.05) is 18.7 Å². The fourth-order valence-electron chi connectivity index (χ4n) is 2.79. The second-order valence-corrected chi connectivity index (χ2v) is 6.38. The van der Waals surface area contributed by atoms with Crippen molar-refractivity contribution in [1.29, 1.82) is 0 Å². The van der Waals surface area contributed by atoms with Crippen molar-refractivity contribution >= 4 is 11.9 Å². The maximum atomic E-state index is 11.6. The lowest BCUT2D eigenvalue weighted by molar-refractivity contribution is -0.137. The van der Waals surface area contributed by atoms with Crippen LogP contribution in [0.2, 0.25) is 0 Å². The zero-order chi connectivity index (χ0) is 21.1. The first kappa shape index (κ1) is 22.0. The fraction of sp³-hybridized carbons (Fsp3) is 0.304. The number of aromatic carboxylic acids is 1. The number of carbonyl (C=O) groups excluding carboxylic acids is 1. The Kier molecular flexibility index (Phi) is 8.76. The van der Waals surface area contributed by atoms with Gasteiger partial charge in [0, 0.05) is 6.08 Å². The van der Waals surface area contributed by atoms with E-state index in [1.807, 2.05) is 12.1 Å². The van der Waals surface area contributed by atoms with Gasteiger partial charge in [0.05, 0.1) is 25.9 Å². The molecule has 0 aromatic heterocycles. The van der Waals surface area contributed by atoms with E-state index in [0.717, 1.165) is 37.3 Å². The molecule has 29 heavy (non-hydrogen) atoms. The Morgan fingerprint density at radius 2 is 1.62 bits per heavy atom. The average molecular weight is 398 g/mol. The van der Waals surface area contributed by atoms with Crippen LogP contribution in [-0.2, 0) is 9.53 Å². The summed E-state index contributed by atoms with van der Waals surface area (Å²) in [6, 6.07) is 12.2. The summed E-state index contributed by atoms with van der Waals surface area (Å²) >= 11 is 0. The molecule has 0 saturated heterocycles. The highest BCUT2D eigenvalue weighted by Gasteiger charge is 2.13. The van der Waals surface area contributed by atoms with E-state index >= 15 is 0 Å². The van der Waals surface area contributed by atoms with Gasteiger partial charge < -0.3 is 19.3 Å². The molecule has 2 aromatic rings. The second kappa shape index (κ2) is 11.5. The van der Waals surface area contributed by atoms with Crippen molar-refractivity contribution in [3.8, 4) is 22.6 Å². The number of ether oxygens (including phenoxy) is 3. The van der Waals surface area contributed by atoms with Gasteiger partial charge in [-0.2, -0.15) is 0 Å². The zero-order valence-corrected chi connectivity index (χ0v) is 16.6. The lowest BCUT2D eigenvalue weighted by Crippen LogP contribution is -2.03. The molecule has 0 aliphatic rings. The van der Waals surface area contributed by atoms with Crippen LogP contribution in [0, 0.1) is 0 Å². The molecular formula is C23H26O6. The predicted molar refractivity (Wildman–Crippen MR) is 111 cm³/mol. The van der Waals surface area contributed by atoms with Crippen LogP contribution in [0.5, 0.6) is 11.5 Å². The van der Waals surface area contributed by atoms with Gasteiger partial charge in [0.25, 0.3) is 0 Å². The highest BCUT2D eigenvalue weighted by molar-refractivity contribution is 5.96. The van der Waals surface area contributed by atoms with Crippen LogP contribution in [0.1, 0.15) is 36.0 Å².